The van der Waals surface area contributed by atoms with Gasteiger partial charge in [-0.2, -0.15) is 0 Å². The number of aliphatic hydroxyl groups is 1. The maximum atomic E-state index is 14.0. The second-order valence-corrected chi connectivity index (χ2v) is 9.21. The molecule has 1 aliphatic heterocycles. The molecule has 7 nitrogen and oxygen atoms in total. The zero-order valence-corrected chi connectivity index (χ0v) is 19.6. The summed E-state index contributed by atoms with van der Waals surface area (Å²) in [5.74, 6) is -0.757. The maximum Gasteiger partial charge on any atom is 0.217 e. The minimum atomic E-state index is -1.07. The van der Waals surface area contributed by atoms with Crippen LogP contribution in [-0.4, -0.2) is 74.7 Å². The van der Waals surface area contributed by atoms with Crippen LogP contribution in [0.5, 0.6) is 5.75 Å². The summed E-state index contributed by atoms with van der Waals surface area (Å²) in [7, 11) is 0. The van der Waals surface area contributed by atoms with Gasteiger partial charge in [-0.05, 0) is 31.0 Å². The molecule has 1 saturated heterocycles. The molecule has 0 spiro atoms. The Morgan fingerprint density at radius 2 is 2.09 bits per heavy atom. The number of hydrogen-bond donors (Lipinski definition) is 3. The van der Waals surface area contributed by atoms with Crippen LogP contribution < -0.4 is 15.4 Å². The first kappa shape index (κ1) is 27.4. The Balaban J connectivity index is 2.05. The van der Waals surface area contributed by atoms with Crippen LogP contribution in [0, 0.1) is 11.2 Å². The number of morpholine rings is 1. The Bertz CT molecular complexity index is 768. The summed E-state index contributed by atoms with van der Waals surface area (Å²) < 4.78 is 56.0. The van der Waals surface area contributed by atoms with Gasteiger partial charge in [0.2, 0.25) is 5.91 Å². The highest BCUT2D eigenvalue weighted by Crippen LogP contribution is 2.22. The van der Waals surface area contributed by atoms with E-state index in [1.165, 1.54) is 13.0 Å². The lowest BCUT2D eigenvalue weighted by atomic mass is 9.95. The van der Waals surface area contributed by atoms with E-state index >= 15 is 0 Å². The molecule has 0 aromatic heterocycles. The van der Waals surface area contributed by atoms with E-state index < -0.39 is 49.1 Å². The molecule has 188 valence electrons. The second-order valence-electron chi connectivity index (χ2n) is 9.21. The van der Waals surface area contributed by atoms with Crippen LogP contribution in [0.2, 0.25) is 0 Å². The highest BCUT2D eigenvalue weighted by Gasteiger charge is 2.36. The molecule has 0 unspecified atom stereocenters. The quantitative estimate of drug-likeness (QED) is 0.429. The fraction of sp³-hybridized carbons (Fsp3) is 0.696. The lowest BCUT2D eigenvalue weighted by Crippen LogP contribution is -2.62. The molecule has 0 bridgehead atoms. The average Bonchev–Trinajstić information content (AvgIpc) is 2.75. The number of alkyl halides is 2. The minimum absolute atomic E-state index is 0.0936. The fourth-order valence-corrected chi connectivity index (χ4v) is 3.57. The first-order valence-electron chi connectivity index (χ1n) is 11.0. The Kier molecular flexibility index (Phi) is 10.4. The summed E-state index contributed by atoms with van der Waals surface area (Å²) in [6.07, 6.45) is -1.57. The van der Waals surface area contributed by atoms with E-state index in [2.05, 4.69) is 10.6 Å². The van der Waals surface area contributed by atoms with Gasteiger partial charge >= 0.3 is 0 Å². The summed E-state index contributed by atoms with van der Waals surface area (Å²) in [4.78, 5) is 11.8. The molecular weight excluding hydrogens is 441 g/mol. The number of amides is 1. The summed E-state index contributed by atoms with van der Waals surface area (Å²) in [5.41, 5.74) is -0.158. The molecular formula is C23H35F3N2O5. The van der Waals surface area contributed by atoms with Crippen LogP contribution >= 0.6 is 0 Å². The number of carbonyl (C=O) groups is 1. The van der Waals surface area contributed by atoms with Crippen LogP contribution in [0.4, 0.5) is 13.2 Å². The molecule has 1 amide bonds. The summed E-state index contributed by atoms with van der Waals surface area (Å²) >= 11 is 0. The van der Waals surface area contributed by atoms with Crippen LogP contribution in [-0.2, 0) is 20.7 Å². The molecule has 0 aliphatic carbocycles. The van der Waals surface area contributed by atoms with Crippen molar-refractivity contribution in [1.82, 2.24) is 10.6 Å². The van der Waals surface area contributed by atoms with Crippen LogP contribution in [0.1, 0.15) is 33.3 Å². The topological polar surface area (TPSA) is 89.1 Å². The van der Waals surface area contributed by atoms with E-state index in [0.717, 1.165) is 6.07 Å². The zero-order valence-electron chi connectivity index (χ0n) is 19.6. The molecule has 0 saturated carbocycles. The summed E-state index contributed by atoms with van der Waals surface area (Å²) in [5, 5.41) is 16.9. The van der Waals surface area contributed by atoms with Crippen molar-refractivity contribution in [1.29, 1.82) is 0 Å². The third-order valence-electron chi connectivity index (χ3n) is 5.27. The maximum absolute atomic E-state index is 14.0. The normalized spacial score (nSPS) is 23.1. The van der Waals surface area contributed by atoms with E-state index in [1.54, 1.807) is 19.9 Å². The van der Waals surface area contributed by atoms with Crippen molar-refractivity contribution in [3.05, 3.63) is 29.6 Å². The third-order valence-corrected chi connectivity index (χ3v) is 5.27. The van der Waals surface area contributed by atoms with Crippen molar-refractivity contribution in [3.63, 3.8) is 0 Å². The molecule has 3 N–H and O–H groups in total. The molecule has 1 fully saturated rings. The highest BCUT2D eigenvalue weighted by molar-refractivity contribution is 5.73. The third kappa shape index (κ3) is 8.77. The second kappa shape index (κ2) is 12.5. The minimum Gasteiger partial charge on any atom is -0.491 e. The molecule has 10 heteroatoms. The SMILES string of the molecule is CC(=O)N[C@@H](Cc1cc(F)cc(OCCF)c1)[C@H](O)[C@H]1CO[C@@H](OCC(C)(C)CF)[C@H](C)N1. The number of aliphatic hydroxyl groups excluding tert-OH is 1. The van der Waals surface area contributed by atoms with E-state index in [-0.39, 0.29) is 43.9 Å². The molecule has 2 rings (SSSR count). The molecule has 1 heterocycles. The lowest BCUT2D eigenvalue weighted by molar-refractivity contribution is -0.203. The monoisotopic (exact) mass is 476 g/mol. The van der Waals surface area contributed by atoms with E-state index in [9.17, 15) is 23.1 Å². The number of benzene rings is 1. The Hall–Kier alpha value is -1.88. The largest absolute Gasteiger partial charge is 0.491 e. The molecule has 0 radical (unpaired) electrons. The smallest absolute Gasteiger partial charge is 0.217 e. The first-order chi connectivity index (χ1) is 15.5. The number of hydrogen-bond acceptors (Lipinski definition) is 6. The molecule has 5 atom stereocenters. The number of nitrogens with one attached hydrogen (secondary N) is 2. The van der Waals surface area contributed by atoms with Gasteiger partial charge in [-0.15, -0.1) is 0 Å². The Morgan fingerprint density at radius 3 is 2.70 bits per heavy atom. The fourth-order valence-electron chi connectivity index (χ4n) is 3.57. The van der Waals surface area contributed by atoms with Crippen molar-refractivity contribution < 1.29 is 37.3 Å². The van der Waals surface area contributed by atoms with Crippen molar-refractivity contribution in [2.45, 2.75) is 64.6 Å². The number of ether oxygens (including phenoxy) is 3. The van der Waals surface area contributed by atoms with E-state index in [1.807, 2.05) is 6.92 Å². The predicted octanol–water partition coefficient (Wildman–Crippen LogP) is 2.30. The number of halogens is 3. The number of rotatable bonds is 12. The van der Waals surface area contributed by atoms with Crippen LogP contribution in [0.3, 0.4) is 0 Å². The Labute approximate surface area is 193 Å². The van der Waals surface area contributed by atoms with Crippen LogP contribution in [0.15, 0.2) is 18.2 Å². The summed E-state index contributed by atoms with van der Waals surface area (Å²) in [6, 6.07) is 2.36. The van der Waals surface area contributed by atoms with Crippen molar-refractivity contribution >= 4 is 5.91 Å². The van der Waals surface area contributed by atoms with Crippen LogP contribution in [0.25, 0.3) is 0 Å². The van der Waals surface area contributed by atoms with Gasteiger partial charge in [-0.1, -0.05) is 13.8 Å². The van der Waals surface area contributed by atoms with Gasteiger partial charge in [0.1, 0.15) is 24.8 Å². The van der Waals surface area contributed by atoms with Gasteiger partial charge in [-0.25, -0.2) is 8.78 Å². The average molecular weight is 477 g/mol. The standard InChI is InChI=1S/C23H35F3N2O5/c1-14-22(33-13-23(3,4)12-25)32-11-20(27-14)21(30)19(28-15(2)29)9-16-7-17(26)10-18(8-16)31-6-5-24/h7-8,10,14,19-22,27,30H,5-6,9,11-13H2,1-4H3,(H,28,29)/t14-,19-,20+,21-,22-/m0/s1. The molecule has 1 aromatic rings. The number of carbonyl (C=O) groups excluding carboxylic acids is 1. The molecule has 1 aliphatic rings. The lowest BCUT2D eigenvalue weighted by Gasteiger charge is -2.40. The highest BCUT2D eigenvalue weighted by atomic mass is 19.1. The Morgan fingerprint density at radius 1 is 1.36 bits per heavy atom. The van der Waals surface area contributed by atoms with Crippen molar-refractivity contribution in [3.8, 4) is 5.75 Å². The van der Waals surface area contributed by atoms with Crippen molar-refractivity contribution in [2.75, 3.05) is 33.2 Å². The van der Waals surface area contributed by atoms with E-state index in [0.29, 0.717) is 5.56 Å². The zero-order chi connectivity index (χ0) is 24.6. The van der Waals surface area contributed by atoms with Gasteiger partial charge in [-0.3, -0.25) is 9.18 Å². The van der Waals surface area contributed by atoms with Gasteiger partial charge < -0.3 is 30.0 Å². The van der Waals surface area contributed by atoms with Gasteiger partial charge in [0.25, 0.3) is 0 Å². The molecule has 1 aromatic carbocycles. The first-order valence-corrected chi connectivity index (χ1v) is 11.0. The van der Waals surface area contributed by atoms with E-state index in [4.69, 9.17) is 14.2 Å². The van der Waals surface area contributed by atoms with Gasteiger partial charge in [0.15, 0.2) is 6.29 Å². The van der Waals surface area contributed by atoms with Crippen molar-refractivity contribution in [2.24, 2.45) is 5.41 Å². The predicted molar refractivity (Wildman–Crippen MR) is 117 cm³/mol. The summed E-state index contributed by atoms with van der Waals surface area (Å²) in [6.45, 7) is 5.48. The molecule has 33 heavy (non-hydrogen) atoms. The van der Waals surface area contributed by atoms with Gasteiger partial charge in [0.05, 0.1) is 44.1 Å². The van der Waals surface area contributed by atoms with Gasteiger partial charge in [0, 0.05) is 18.4 Å².